The number of nitrogens with zero attached hydrogens (tertiary/aromatic N) is 2. The average Bonchev–Trinajstić information content (AvgIpc) is 3.32. The SMILES string of the molecule is O=CN(O)CC(CC1CCCC1)C(=O)NCC(=O)N1CCC(Nc2ccc(O)cc2)CC1. The molecule has 1 heterocycles. The molecule has 1 aliphatic carbocycles. The fourth-order valence-corrected chi connectivity index (χ4v) is 4.67. The first-order valence-corrected chi connectivity index (χ1v) is 11.5. The van der Waals surface area contributed by atoms with Crippen molar-refractivity contribution in [2.45, 2.75) is 51.0 Å². The zero-order valence-electron chi connectivity index (χ0n) is 18.4. The van der Waals surface area contributed by atoms with Crippen molar-refractivity contribution in [1.82, 2.24) is 15.3 Å². The van der Waals surface area contributed by atoms with Gasteiger partial charge in [0.1, 0.15) is 5.75 Å². The molecule has 1 aromatic rings. The topological polar surface area (TPSA) is 122 Å². The van der Waals surface area contributed by atoms with Gasteiger partial charge in [-0.1, -0.05) is 25.7 Å². The Bertz CT molecular complexity index is 758. The van der Waals surface area contributed by atoms with E-state index in [9.17, 15) is 24.7 Å². The lowest BCUT2D eigenvalue weighted by molar-refractivity contribution is -0.155. The van der Waals surface area contributed by atoms with Crippen LogP contribution in [-0.2, 0) is 14.4 Å². The average molecular weight is 447 g/mol. The summed E-state index contributed by atoms with van der Waals surface area (Å²) in [5.74, 6) is -0.309. The van der Waals surface area contributed by atoms with Gasteiger partial charge in [-0.3, -0.25) is 19.6 Å². The molecule has 4 N–H and O–H groups in total. The predicted octanol–water partition coefficient (Wildman–Crippen LogP) is 1.96. The highest BCUT2D eigenvalue weighted by atomic mass is 16.5. The largest absolute Gasteiger partial charge is 0.508 e. The van der Waals surface area contributed by atoms with Gasteiger partial charge in [-0.25, -0.2) is 5.06 Å². The number of phenols is 1. The van der Waals surface area contributed by atoms with Crippen LogP contribution in [0.1, 0.15) is 44.9 Å². The summed E-state index contributed by atoms with van der Waals surface area (Å²) in [5.41, 5.74) is 0.932. The Morgan fingerprint density at radius 1 is 1.12 bits per heavy atom. The molecule has 2 fully saturated rings. The Hall–Kier alpha value is -2.81. The third-order valence-corrected chi connectivity index (χ3v) is 6.49. The number of likely N-dealkylation sites (tertiary alicyclic amines) is 1. The minimum absolute atomic E-state index is 0.0612. The standard InChI is InChI=1S/C23H34N4O5/c28-16-27(32)15-18(13-17-3-1-2-4-17)23(31)24-14-22(30)26-11-9-20(10-12-26)25-19-5-7-21(29)8-6-19/h5-8,16-18,20,25,29,32H,1-4,9-15H2,(H,24,31). The van der Waals surface area contributed by atoms with Crippen molar-refractivity contribution in [2.75, 3.05) is 31.5 Å². The molecule has 2 aliphatic rings. The lowest BCUT2D eigenvalue weighted by Crippen LogP contribution is -2.48. The van der Waals surface area contributed by atoms with E-state index in [0.717, 1.165) is 44.2 Å². The number of hydrogen-bond donors (Lipinski definition) is 4. The number of hydrogen-bond acceptors (Lipinski definition) is 6. The number of carbonyl (C=O) groups excluding carboxylic acids is 3. The van der Waals surface area contributed by atoms with E-state index >= 15 is 0 Å². The number of amides is 3. The number of aromatic hydroxyl groups is 1. The quantitative estimate of drug-likeness (QED) is 0.189. The first kappa shape index (κ1) is 23.8. The molecule has 1 atom stereocenters. The molecule has 0 aromatic heterocycles. The fourth-order valence-electron chi connectivity index (χ4n) is 4.67. The summed E-state index contributed by atoms with van der Waals surface area (Å²) in [6.07, 6.45) is 6.91. The molecule has 9 heteroatoms. The number of nitrogens with one attached hydrogen (secondary N) is 2. The van der Waals surface area contributed by atoms with Crippen LogP contribution in [0.4, 0.5) is 5.69 Å². The lowest BCUT2D eigenvalue weighted by Gasteiger charge is -2.33. The number of benzene rings is 1. The maximum absolute atomic E-state index is 12.7. The predicted molar refractivity (Wildman–Crippen MR) is 119 cm³/mol. The van der Waals surface area contributed by atoms with E-state index in [2.05, 4.69) is 10.6 Å². The van der Waals surface area contributed by atoms with Crippen molar-refractivity contribution in [3.63, 3.8) is 0 Å². The van der Waals surface area contributed by atoms with Crippen LogP contribution in [0, 0.1) is 11.8 Å². The van der Waals surface area contributed by atoms with E-state index in [0.29, 0.717) is 36.9 Å². The van der Waals surface area contributed by atoms with Crippen LogP contribution >= 0.6 is 0 Å². The monoisotopic (exact) mass is 446 g/mol. The molecule has 0 spiro atoms. The lowest BCUT2D eigenvalue weighted by atomic mass is 9.92. The van der Waals surface area contributed by atoms with Crippen molar-refractivity contribution in [3.8, 4) is 5.75 Å². The van der Waals surface area contributed by atoms with Gasteiger partial charge in [0.15, 0.2) is 0 Å². The number of rotatable bonds is 10. The molecule has 1 saturated heterocycles. The molecule has 1 unspecified atom stereocenters. The molecule has 3 amide bonds. The molecule has 9 nitrogen and oxygen atoms in total. The zero-order chi connectivity index (χ0) is 22.9. The molecule has 176 valence electrons. The van der Waals surface area contributed by atoms with Gasteiger partial charge in [0.2, 0.25) is 18.2 Å². The Balaban J connectivity index is 1.42. The first-order chi connectivity index (χ1) is 15.4. The van der Waals surface area contributed by atoms with Crippen LogP contribution in [0.5, 0.6) is 5.75 Å². The molecule has 0 bridgehead atoms. The molecule has 32 heavy (non-hydrogen) atoms. The third-order valence-electron chi connectivity index (χ3n) is 6.49. The van der Waals surface area contributed by atoms with Crippen molar-refractivity contribution in [3.05, 3.63) is 24.3 Å². The number of phenolic OH excluding ortho intramolecular Hbond substituents is 1. The number of anilines is 1. The Morgan fingerprint density at radius 2 is 1.78 bits per heavy atom. The Kier molecular flexibility index (Phi) is 8.72. The second-order valence-electron chi connectivity index (χ2n) is 8.87. The van der Waals surface area contributed by atoms with Gasteiger partial charge in [-0.05, 0) is 49.4 Å². The summed E-state index contributed by atoms with van der Waals surface area (Å²) in [5, 5.41) is 25.6. The van der Waals surface area contributed by atoms with Crippen LogP contribution in [0.3, 0.4) is 0 Å². The fraction of sp³-hybridized carbons (Fsp3) is 0.609. The molecule has 1 saturated carbocycles. The summed E-state index contributed by atoms with van der Waals surface area (Å²) < 4.78 is 0. The normalized spacial score (nSPS) is 18.2. The van der Waals surface area contributed by atoms with Crippen molar-refractivity contribution in [1.29, 1.82) is 0 Å². The van der Waals surface area contributed by atoms with E-state index in [4.69, 9.17) is 0 Å². The van der Waals surface area contributed by atoms with Gasteiger partial charge in [0.25, 0.3) is 0 Å². The van der Waals surface area contributed by atoms with Crippen molar-refractivity contribution in [2.24, 2.45) is 11.8 Å². The van der Waals surface area contributed by atoms with Crippen LogP contribution in [-0.4, -0.2) is 70.7 Å². The zero-order valence-corrected chi connectivity index (χ0v) is 18.4. The Morgan fingerprint density at radius 3 is 2.41 bits per heavy atom. The van der Waals surface area contributed by atoms with Crippen molar-refractivity contribution >= 4 is 23.9 Å². The van der Waals surface area contributed by atoms with Gasteiger partial charge in [0, 0.05) is 24.8 Å². The van der Waals surface area contributed by atoms with E-state index < -0.39 is 5.92 Å². The minimum atomic E-state index is -0.527. The maximum Gasteiger partial charge on any atom is 0.241 e. The third kappa shape index (κ3) is 7.12. The van der Waals surface area contributed by atoms with E-state index in [1.165, 1.54) is 0 Å². The second kappa shape index (κ2) is 11.7. The number of hydroxylamine groups is 2. The van der Waals surface area contributed by atoms with Crippen LogP contribution in [0.25, 0.3) is 0 Å². The highest BCUT2D eigenvalue weighted by Gasteiger charge is 2.28. The van der Waals surface area contributed by atoms with Crippen LogP contribution in [0.15, 0.2) is 24.3 Å². The van der Waals surface area contributed by atoms with Gasteiger partial charge in [0.05, 0.1) is 19.0 Å². The highest BCUT2D eigenvalue weighted by Crippen LogP contribution is 2.30. The molecule has 1 aromatic carbocycles. The Labute approximate surface area is 188 Å². The number of piperidine rings is 1. The molecular weight excluding hydrogens is 412 g/mol. The van der Waals surface area contributed by atoms with Crippen molar-refractivity contribution < 1.29 is 24.7 Å². The summed E-state index contributed by atoms with van der Waals surface area (Å²) in [4.78, 5) is 37.8. The molecule has 1 aliphatic heterocycles. The van der Waals surface area contributed by atoms with Gasteiger partial charge in [-0.15, -0.1) is 0 Å². The molecular formula is C23H34N4O5. The van der Waals surface area contributed by atoms with Gasteiger partial charge >= 0.3 is 0 Å². The summed E-state index contributed by atoms with van der Waals surface area (Å²) in [6, 6.07) is 7.15. The second-order valence-corrected chi connectivity index (χ2v) is 8.87. The minimum Gasteiger partial charge on any atom is -0.508 e. The highest BCUT2D eigenvalue weighted by molar-refractivity contribution is 5.86. The van der Waals surface area contributed by atoms with E-state index in [1.54, 1.807) is 17.0 Å². The summed E-state index contributed by atoms with van der Waals surface area (Å²) in [7, 11) is 0. The van der Waals surface area contributed by atoms with Gasteiger partial charge in [-0.2, -0.15) is 0 Å². The maximum atomic E-state index is 12.7. The first-order valence-electron chi connectivity index (χ1n) is 11.5. The molecule has 0 radical (unpaired) electrons. The molecule has 3 rings (SSSR count). The smallest absolute Gasteiger partial charge is 0.241 e. The number of carbonyl (C=O) groups is 3. The van der Waals surface area contributed by atoms with Crippen LogP contribution < -0.4 is 10.6 Å². The summed E-state index contributed by atoms with van der Waals surface area (Å²) >= 11 is 0. The van der Waals surface area contributed by atoms with E-state index in [1.807, 2.05) is 12.1 Å². The van der Waals surface area contributed by atoms with Crippen LogP contribution in [0.2, 0.25) is 0 Å². The van der Waals surface area contributed by atoms with Gasteiger partial charge < -0.3 is 20.6 Å². The summed E-state index contributed by atoms with van der Waals surface area (Å²) in [6.45, 7) is 1.06. The van der Waals surface area contributed by atoms with E-state index in [-0.39, 0.29) is 36.7 Å².